The van der Waals surface area contributed by atoms with Crippen molar-refractivity contribution in [2.24, 2.45) is 5.92 Å². The number of rotatable bonds is 7. The molecule has 1 aliphatic carbocycles. The maximum absolute atomic E-state index is 13.6. The number of ether oxygens (including phenoxy) is 1. The van der Waals surface area contributed by atoms with Crippen molar-refractivity contribution in [3.05, 3.63) is 35.4 Å². The first-order valence-electron chi connectivity index (χ1n) is 12.2. The van der Waals surface area contributed by atoms with Gasteiger partial charge in [-0.15, -0.1) is 0 Å². The first-order valence-corrected chi connectivity index (χ1v) is 12.2. The van der Waals surface area contributed by atoms with E-state index in [4.69, 9.17) is 4.74 Å². The molecular weight excluding hydrogens is 420 g/mol. The summed E-state index contributed by atoms with van der Waals surface area (Å²) in [5.74, 6) is 0.0583. The lowest BCUT2D eigenvalue weighted by Gasteiger charge is -2.29. The van der Waals surface area contributed by atoms with Crippen LogP contribution in [0.1, 0.15) is 41.6 Å². The van der Waals surface area contributed by atoms with Crippen LogP contribution in [0, 0.1) is 12.8 Å². The Morgan fingerprint density at radius 2 is 1.88 bits per heavy atom. The molecule has 33 heavy (non-hydrogen) atoms. The Morgan fingerprint density at radius 1 is 1.12 bits per heavy atom. The molecule has 3 amide bonds. The number of hydrogen-bond acceptors (Lipinski definition) is 5. The molecule has 8 heteroatoms. The van der Waals surface area contributed by atoms with Gasteiger partial charge in [0.2, 0.25) is 11.8 Å². The zero-order chi connectivity index (χ0) is 23.4. The molecule has 0 spiro atoms. The molecule has 4 rings (SSSR count). The van der Waals surface area contributed by atoms with E-state index in [1.807, 2.05) is 41.0 Å². The Labute approximate surface area is 196 Å². The summed E-state index contributed by atoms with van der Waals surface area (Å²) in [4.78, 5) is 45.7. The zero-order valence-electron chi connectivity index (χ0n) is 19.8. The minimum Gasteiger partial charge on any atom is -0.383 e. The minimum absolute atomic E-state index is 0.00720. The van der Waals surface area contributed by atoms with Crippen molar-refractivity contribution in [1.29, 1.82) is 0 Å². The highest BCUT2D eigenvalue weighted by Gasteiger charge is 2.46. The Kier molecular flexibility index (Phi) is 7.65. The summed E-state index contributed by atoms with van der Waals surface area (Å²) in [6.45, 7) is 6.26. The van der Waals surface area contributed by atoms with Crippen LogP contribution in [-0.2, 0) is 14.3 Å². The number of amides is 3. The monoisotopic (exact) mass is 456 g/mol. The molecule has 1 saturated carbocycles. The second-order valence-corrected chi connectivity index (χ2v) is 9.46. The second-order valence-electron chi connectivity index (χ2n) is 9.46. The average Bonchev–Trinajstić information content (AvgIpc) is 3.63. The molecule has 1 N–H and O–H groups in total. The third kappa shape index (κ3) is 5.55. The fraction of sp³-hybridized carbons (Fsp3) is 0.640. The summed E-state index contributed by atoms with van der Waals surface area (Å²) in [6, 6.07) is 6.74. The van der Waals surface area contributed by atoms with Crippen LogP contribution in [0.15, 0.2) is 24.3 Å². The summed E-state index contributed by atoms with van der Waals surface area (Å²) >= 11 is 0. The van der Waals surface area contributed by atoms with Gasteiger partial charge in [-0.1, -0.05) is 17.7 Å². The largest absolute Gasteiger partial charge is 0.383 e. The van der Waals surface area contributed by atoms with Gasteiger partial charge in [0.25, 0.3) is 5.91 Å². The normalized spacial score (nSPS) is 23.3. The van der Waals surface area contributed by atoms with E-state index >= 15 is 0 Å². The fourth-order valence-corrected chi connectivity index (χ4v) is 4.86. The predicted molar refractivity (Wildman–Crippen MR) is 125 cm³/mol. The highest BCUT2D eigenvalue weighted by Crippen LogP contribution is 2.34. The number of carbonyl (C=O) groups excluding carboxylic acids is 3. The van der Waals surface area contributed by atoms with Crippen LogP contribution in [0.3, 0.4) is 0 Å². The van der Waals surface area contributed by atoms with Crippen molar-refractivity contribution in [3.63, 3.8) is 0 Å². The maximum Gasteiger partial charge on any atom is 0.254 e. The van der Waals surface area contributed by atoms with Gasteiger partial charge in [-0.25, -0.2) is 0 Å². The average molecular weight is 457 g/mol. The Balaban J connectivity index is 1.58. The second kappa shape index (κ2) is 10.7. The summed E-state index contributed by atoms with van der Waals surface area (Å²) in [7, 11) is 1.63. The number of nitrogens with zero attached hydrogens (tertiary/aromatic N) is 3. The lowest BCUT2D eigenvalue weighted by atomic mass is 10.1. The quantitative estimate of drug-likeness (QED) is 0.669. The molecule has 1 aromatic carbocycles. The molecule has 2 saturated heterocycles. The van der Waals surface area contributed by atoms with Crippen molar-refractivity contribution in [2.75, 3.05) is 53.0 Å². The Hall–Kier alpha value is -2.45. The molecule has 0 aromatic heterocycles. The van der Waals surface area contributed by atoms with E-state index in [1.54, 1.807) is 12.0 Å². The number of likely N-dealkylation sites (tertiary alicyclic amines) is 1. The fourth-order valence-electron chi connectivity index (χ4n) is 4.86. The topological polar surface area (TPSA) is 82.2 Å². The Morgan fingerprint density at radius 3 is 2.58 bits per heavy atom. The first kappa shape index (κ1) is 23.7. The predicted octanol–water partition coefficient (Wildman–Crippen LogP) is 1.29. The van der Waals surface area contributed by atoms with E-state index in [1.165, 1.54) is 0 Å². The van der Waals surface area contributed by atoms with Crippen LogP contribution in [0.25, 0.3) is 0 Å². The molecule has 0 bridgehead atoms. The van der Waals surface area contributed by atoms with E-state index in [0.717, 1.165) is 37.9 Å². The smallest absolute Gasteiger partial charge is 0.254 e. The van der Waals surface area contributed by atoms with Gasteiger partial charge in [-0.3, -0.25) is 14.4 Å². The number of hydrogen-bond donors (Lipinski definition) is 1. The summed E-state index contributed by atoms with van der Waals surface area (Å²) in [6.07, 6.45) is 3.21. The van der Waals surface area contributed by atoms with Crippen molar-refractivity contribution in [3.8, 4) is 0 Å². The van der Waals surface area contributed by atoms with Gasteiger partial charge in [0.05, 0.1) is 12.6 Å². The number of nitrogens with one attached hydrogen (secondary N) is 1. The maximum atomic E-state index is 13.6. The van der Waals surface area contributed by atoms with Gasteiger partial charge in [0.1, 0.15) is 6.04 Å². The van der Waals surface area contributed by atoms with Gasteiger partial charge in [0, 0.05) is 51.3 Å². The standard InChI is InChI=1S/C25H36N4O4/c1-18-4-6-19(7-5-18)24(31)29-17-21(28(14-15-33-2)23(30)20-8-9-20)16-22(29)25(32)27-12-3-10-26-11-13-27/h4-7,20-22,26H,3,8-17H2,1-2H3. The summed E-state index contributed by atoms with van der Waals surface area (Å²) in [5.41, 5.74) is 1.66. The number of benzene rings is 1. The molecule has 3 fully saturated rings. The molecule has 2 atom stereocenters. The number of methoxy groups -OCH3 is 1. The molecule has 2 unspecified atom stereocenters. The minimum atomic E-state index is -0.557. The van der Waals surface area contributed by atoms with Crippen molar-refractivity contribution in [1.82, 2.24) is 20.0 Å². The molecule has 2 heterocycles. The van der Waals surface area contributed by atoms with Gasteiger partial charge in [-0.2, -0.15) is 0 Å². The Bertz CT molecular complexity index is 846. The number of aryl methyl sites for hydroxylation is 1. The van der Waals surface area contributed by atoms with Crippen LogP contribution in [-0.4, -0.2) is 97.5 Å². The van der Waals surface area contributed by atoms with E-state index < -0.39 is 6.04 Å². The highest BCUT2D eigenvalue weighted by atomic mass is 16.5. The summed E-state index contributed by atoms with van der Waals surface area (Å²) < 4.78 is 5.26. The van der Waals surface area contributed by atoms with Gasteiger partial charge in [0.15, 0.2) is 0 Å². The SMILES string of the molecule is COCCN(C(=O)C1CC1)C1CC(C(=O)N2CCCNCC2)N(C(=O)c2ccc(C)cc2)C1. The van der Waals surface area contributed by atoms with E-state index in [0.29, 0.717) is 44.8 Å². The third-order valence-electron chi connectivity index (χ3n) is 6.96. The molecule has 0 radical (unpaired) electrons. The molecule has 1 aromatic rings. The molecule has 3 aliphatic rings. The van der Waals surface area contributed by atoms with Gasteiger partial charge < -0.3 is 24.8 Å². The summed E-state index contributed by atoms with van der Waals surface area (Å²) in [5, 5.41) is 3.33. The van der Waals surface area contributed by atoms with E-state index in [2.05, 4.69) is 5.32 Å². The lowest BCUT2D eigenvalue weighted by Crippen LogP contribution is -2.48. The van der Waals surface area contributed by atoms with Gasteiger partial charge in [-0.05, 0) is 51.3 Å². The molecule has 180 valence electrons. The first-order chi connectivity index (χ1) is 16.0. The van der Waals surface area contributed by atoms with Crippen LogP contribution < -0.4 is 5.32 Å². The van der Waals surface area contributed by atoms with Crippen LogP contribution in [0.5, 0.6) is 0 Å². The van der Waals surface area contributed by atoms with Crippen LogP contribution in [0.2, 0.25) is 0 Å². The third-order valence-corrected chi connectivity index (χ3v) is 6.96. The van der Waals surface area contributed by atoms with Crippen LogP contribution >= 0.6 is 0 Å². The van der Waals surface area contributed by atoms with E-state index in [-0.39, 0.29) is 29.7 Å². The highest BCUT2D eigenvalue weighted by molar-refractivity contribution is 5.98. The zero-order valence-corrected chi connectivity index (χ0v) is 19.8. The molecular formula is C25H36N4O4. The van der Waals surface area contributed by atoms with Crippen molar-refractivity contribution >= 4 is 17.7 Å². The van der Waals surface area contributed by atoms with Gasteiger partial charge >= 0.3 is 0 Å². The molecule has 2 aliphatic heterocycles. The molecule has 8 nitrogen and oxygen atoms in total. The van der Waals surface area contributed by atoms with Crippen molar-refractivity contribution < 1.29 is 19.1 Å². The lowest BCUT2D eigenvalue weighted by molar-refractivity contribution is -0.137. The number of carbonyl (C=O) groups is 3. The van der Waals surface area contributed by atoms with Crippen LogP contribution in [0.4, 0.5) is 0 Å². The van der Waals surface area contributed by atoms with E-state index in [9.17, 15) is 14.4 Å². The van der Waals surface area contributed by atoms with Crippen molar-refractivity contribution in [2.45, 2.75) is 44.7 Å².